The van der Waals surface area contributed by atoms with Crippen molar-refractivity contribution in [3.63, 3.8) is 0 Å². The van der Waals surface area contributed by atoms with Crippen LogP contribution in [0, 0.1) is 5.92 Å². The highest BCUT2D eigenvalue weighted by Crippen LogP contribution is 2.21. The van der Waals surface area contributed by atoms with Gasteiger partial charge >= 0.3 is 0 Å². The monoisotopic (exact) mass is 170 g/mol. The lowest BCUT2D eigenvalue weighted by atomic mass is 9.95. The summed E-state index contributed by atoms with van der Waals surface area (Å²) >= 11 is 0. The fourth-order valence-corrected chi connectivity index (χ4v) is 1.67. The predicted octanol–water partition coefficient (Wildman–Crippen LogP) is -0.223. The van der Waals surface area contributed by atoms with Crippen LogP contribution >= 0.6 is 0 Å². The summed E-state index contributed by atoms with van der Waals surface area (Å²) in [6.07, 6.45) is 1.63. The fraction of sp³-hybridized carbons (Fsp3) is 0.750. The zero-order chi connectivity index (χ0) is 9.14. The molecule has 0 spiro atoms. The van der Waals surface area contributed by atoms with Gasteiger partial charge in [0.05, 0.1) is 0 Å². The lowest BCUT2D eigenvalue weighted by Crippen LogP contribution is -2.30. The molecule has 3 N–H and O–H groups in total. The van der Waals surface area contributed by atoms with Crippen molar-refractivity contribution in [1.29, 1.82) is 0 Å². The van der Waals surface area contributed by atoms with E-state index >= 15 is 0 Å². The van der Waals surface area contributed by atoms with Gasteiger partial charge in [0.1, 0.15) is 0 Å². The van der Waals surface area contributed by atoms with Gasteiger partial charge in [0.15, 0.2) is 0 Å². The Kier molecular flexibility index (Phi) is 2.68. The Labute approximate surface area is 71.5 Å². The van der Waals surface area contributed by atoms with E-state index in [4.69, 9.17) is 5.73 Å². The third-order valence-electron chi connectivity index (χ3n) is 2.27. The summed E-state index contributed by atoms with van der Waals surface area (Å²) < 4.78 is 0. The number of amides is 2. The van der Waals surface area contributed by atoms with E-state index in [2.05, 4.69) is 5.32 Å². The number of hydrogen-bond acceptors (Lipinski definition) is 2. The number of hydrogen-bond donors (Lipinski definition) is 2. The van der Waals surface area contributed by atoms with Crippen LogP contribution in [0.1, 0.15) is 26.2 Å². The molecule has 0 radical (unpaired) electrons. The van der Waals surface area contributed by atoms with E-state index in [0.29, 0.717) is 12.8 Å². The molecule has 1 aliphatic heterocycles. The molecule has 1 saturated heterocycles. The lowest BCUT2D eigenvalue weighted by Gasteiger charge is -2.14. The number of primary amides is 1. The molecule has 0 aromatic carbocycles. The summed E-state index contributed by atoms with van der Waals surface area (Å²) in [6.45, 7) is 1.99. The molecule has 1 fully saturated rings. The van der Waals surface area contributed by atoms with Crippen molar-refractivity contribution in [2.45, 2.75) is 32.2 Å². The van der Waals surface area contributed by atoms with E-state index < -0.39 is 0 Å². The number of rotatable bonds is 3. The second-order valence-electron chi connectivity index (χ2n) is 3.22. The predicted molar refractivity (Wildman–Crippen MR) is 44.1 cm³/mol. The Balaban J connectivity index is 2.51. The number of nitrogens with two attached hydrogens (primary N) is 1. The Hall–Kier alpha value is -1.06. The quantitative estimate of drug-likeness (QED) is 0.614. The normalized spacial score (nSPS) is 28.6. The topological polar surface area (TPSA) is 72.2 Å². The van der Waals surface area contributed by atoms with Crippen molar-refractivity contribution >= 4 is 11.8 Å². The van der Waals surface area contributed by atoms with Crippen LogP contribution in [0.4, 0.5) is 0 Å². The first-order valence-corrected chi connectivity index (χ1v) is 4.21. The van der Waals surface area contributed by atoms with Crippen molar-refractivity contribution < 1.29 is 9.59 Å². The van der Waals surface area contributed by atoms with Gasteiger partial charge in [-0.25, -0.2) is 0 Å². The second-order valence-corrected chi connectivity index (χ2v) is 3.22. The van der Waals surface area contributed by atoms with E-state index in [-0.39, 0.29) is 23.8 Å². The molecule has 2 amide bonds. The third-order valence-corrected chi connectivity index (χ3v) is 2.27. The molecule has 4 heteroatoms. The maximum atomic E-state index is 10.9. The molecule has 1 aliphatic rings. The van der Waals surface area contributed by atoms with E-state index in [0.717, 1.165) is 6.42 Å². The SMILES string of the molecule is CC[C@@H]1NC(=O)C[C@@H]1CC(N)=O. The zero-order valence-corrected chi connectivity index (χ0v) is 7.17. The number of nitrogens with one attached hydrogen (secondary N) is 1. The summed E-state index contributed by atoms with van der Waals surface area (Å²) in [6, 6.07) is 0.144. The van der Waals surface area contributed by atoms with Gasteiger partial charge in [-0.2, -0.15) is 0 Å². The Morgan fingerprint density at radius 2 is 2.42 bits per heavy atom. The van der Waals surface area contributed by atoms with Gasteiger partial charge in [0.2, 0.25) is 11.8 Å². The summed E-state index contributed by atoms with van der Waals surface area (Å²) in [5.74, 6) is -0.178. The summed E-state index contributed by atoms with van der Waals surface area (Å²) in [4.78, 5) is 21.5. The number of carbonyl (C=O) groups excluding carboxylic acids is 2. The molecule has 12 heavy (non-hydrogen) atoms. The molecule has 2 atom stereocenters. The molecule has 4 nitrogen and oxygen atoms in total. The van der Waals surface area contributed by atoms with E-state index in [1.807, 2.05) is 6.92 Å². The van der Waals surface area contributed by atoms with Crippen LogP contribution in [-0.4, -0.2) is 17.9 Å². The minimum atomic E-state index is -0.324. The average molecular weight is 170 g/mol. The zero-order valence-electron chi connectivity index (χ0n) is 7.17. The fourth-order valence-electron chi connectivity index (χ4n) is 1.67. The van der Waals surface area contributed by atoms with Crippen LogP contribution in [-0.2, 0) is 9.59 Å². The molecule has 0 saturated carbocycles. The maximum absolute atomic E-state index is 10.9. The van der Waals surface area contributed by atoms with E-state index in [1.165, 1.54) is 0 Å². The van der Waals surface area contributed by atoms with Gasteiger partial charge in [0.25, 0.3) is 0 Å². The van der Waals surface area contributed by atoms with E-state index in [9.17, 15) is 9.59 Å². The summed E-state index contributed by atoms with van der Waals surface area (Å²) in [5, 5.41) is 2.81. The lowest BCUT2D eigenvalue weighted by molar-refractivity contribution is -0.119. The summed E-state index contributed by atoms with van der Waals surface area (Å²) in [5.41, 5.74) is 5.06. The highest BCUT2D eigenvalue weighted by atomic mass is 16.2. The van der Waals surface area contributed by atoms with Crippen LogP contribution in [0.3, 0.4) is 0 Å². The summed E-state index contributed by atoms with van der Waals surface area (Å²) in [7, 11) is 0. The first-order valence-electron chi connectivity index (χ1n) is 4.21. The molecule has 0 aromatic heterocycles. The minimum absolute atomic E-state index is 0.0353. The first kappa shape index (κ1) is 9.03. The van der Waals surface area contributed by atoms with Crippen molar-refractivity contribution in [3.05, 3.63) is 0 Å². The highest BCUT2D eigenvalue weighted by molar-refractivity contribution is 5.81. The van der Waals surface area contributed by atoms with Crippen LogP contribution in [0.15, 0.2) is 0 Å². The van der Waals surface area contributed by atoms with Crippen LogP contribution in [0.2, 0.25) is 0 Å². The standard InChI is InChI=1S/C8H14N2O2/c1-2-6-5(3-7(9)11)4-8(12)10-6/h5-6H,2-4H2,1H3,(H2,9,11)(H,10,12)/t5-,6-/m0/s1. The smallest absolute Gasteiger partial charge is 0.220 e. The molecule has 1 rings (SSSR count). The molecule has 0 bridgehead atoms. The largest absolute Gasteiger partial charge is 0.370 e. The highest BCUT2D eigenvalue weighted by Gasteiger charge is 2.31. The third kappa shape index (κ3) is 1.96. The Morgan fingerprint density at radius 3 is 2.92 bits per heavy atom. The first-order chi connectivity index (χ1) is 5.63. The molecular formula is C8H14N2O2. The van der Waals surface area contributed by atoms with Crippen LogP contribution in [0.5, 0.6) is 0 Å². The molecule has 1 heterocycles. The van der Waals surface area contributed by atoms with Gasteiger partial charge in [-0.1, -0.05) is 6.92 Å². The molecule has 0 aromatic rings. The molecular weight excluding hydrogens is 156 g/mol. The van der Waals surface area contributed by atoms with Gasteiger partial charge in [-0.05, 0) is 12.3 Å². The van der Waals surface area contributed by atoms with Crippen molar-refractivity contribution in [2.75, 3.05) is 0 Å². The van der Waals surface area contributed by atoms with Gasteiger partial charge in [-0.3, -0.25) is 9.59 Å². The van der Waals surface area contributed by atoms with Crippen molar-refractivity contribution in [1.82, 2.24) is 5.32 Å². The van der Waals surface area contributed by atoms with Crippen molar-refractivity contribution in [2.24, 2.45) is 11.7 Å². The van der Waals surface area contributed by atoms with Crippen LogP contribution in [0.25, 0.3) is 0 Å². The van der Waals surface area contributed by atoms with Crippen LogP contribution < -0.4 is 11.1 Å². The Morgan fingerprint density at radius 1 is 1.75 bits per heavy atom. The number of carbonyl (C=O) groups is 2. The average Bonchev–Trinajstić information content (AvgIpc) is 2.29. The Bertz CT molecular complexity index is 203. The van der Waals surface area contributed by atoms with Gasteiger partial charge in [-0.15, -0.1) is 0 Å². The van der Waals surface area contributed by atoms with Crippen molar-refractivity contribution in [3.8, 4) is 0 Å². The second kappa shape index (κ2) is 3.56. The molecule has 68 valence electrons. The minimum Gasteiger partial charge on any atom is -0.370 e. The molecule has 0 unspecified atom stereocenters. The van der Waals surface area contributed by atoms with Gasteiger partial charge in [0, 0.05) is 18.9 Å². The molecule has 0 aliphatic carbocycles. The maximum Gasteiger partial charge on any atom is 0.220 e. The van der Waals surface area contributed by atoms with Gasteiger partial charge < -0.3 is 11.1 Å². The van der Waals surface area contributed by atoms with E-state index in [1.54, 1.807) is 0 Å².